The van der Waals surface area contributed by atoms with Crippen molar-refractivity contribution in [2.45, 2.75) is 12.5 Å². The zero-order valence-corrected chi connectivity index (χ0v) is 7.62. The molecule has 0 saturated carbocycles. The van der Waals surface area contributed by atoms with Gasteiger partial charge in [-0.3, -0.25) is 4.79 Å². The van der Waals surface area contributed by atoms with Crippen LogP contribution in [0.4, 0.5) is 0 Å². The number of carbonyl (C=O) groups excluding carboxylic acids is 1. The Morgan fingerprint density at radius 2 is 2.42 bits per heavy atom. The van der Waals surface area contributed by atoms with Crippen molar-refractivity contribution >= 4 is 5.91 Å². The molecule has 1 amide bonds. The van der Waals surface area contributed by atoms with Crippen molar-refractivity contribution in [2.24, 2.45) is 0 Å². The van der Waals surface area contributed by atoms with Crippen LogP contribution in [0.5, 0.6) is 0 Å². The molecule has 1 atom stereocenters. The first-order valence-corrected chi connectivity index (χ1v) is 4.15. The van der Waals surface area contributed by atoms with E-state index in [1.54, 1.807) is 19.0 Å². The van der Waals surface area contributed by atoms with Crippen LogP contribution in [-0.2, 0) is 9.53 Å². The Morgan fingerprint density at radius 1 is 1.67 bits per heavy atom. The summed E-state index contributed by atoms with van der Waals surface area (Å²) in [5.74, 6) is 0.108. The predicted molar refractivity (Wildman–Crippen MR) is 44.9 cm³/mol. The van der Waals surface area contributed by atoms with E-state index in [-0.39, 0.29) is 12.0 Å². The first kappa shape index (κ1) is 9.48. The minimum atomic E-state index is 0.00801. The summed E-state index contributed by atoms with van der Waals surface area (Å²) >= 11 is 0. The molecule has 1 rings (SSSR count). The van der Waals surface area contributed by atoms with E-state index in [1.807, 2.05) is 0 Å². The van der Waals surface area contributed by atoms with E-state index in [2.05, 4.69) is 5.32 Å². The molecular weight excluding hydrogens is 156 g/mol. The molecule has 0 aromatic carbocycles. The lowest BCUT2D eigenvalue weighted by atomic mass is 10.2. The quantitative estimate of drug-likeness (QED) is 0.560. The van der Waals surface area contributed by atoms with Gasteiger partial charge in [-0.25, -0.2) is 5.32 Å². The van der Waals surface area contributed by atoms with Gasteiger partial charge in [-0.15, -0.1) is 0 Å². The normalized spacial score (nSPS) is 23.7. The van der Waals surface area contributed by atoms with Crippen LogP contribution < -0.4 is 5.32 Å². The molecule has 1 radical (unpaired) electrons. The molecule has 1 fully saturated rings. The maximum absolute atomic E-state index is 11.2. The number of rotatable bonds is 2. The van der Waals surface area contributed by atoms with Crippen LogP contribution in [0, 0.1) is 0 Å². The summed E-state index contributed by atoms with van der Waals surface area (Å²) in [4.78, 5) is 12.8. The Hall–Kier alpha value is -0.610. The lowest BCUT2D eigenvalue weighted by Crippen LogP contribution is -2.37. The van der Waals surface area contributed by atoms with Gasteiger partial charge in [0.2, 0.25) is 5.91 Å². The summed E-state index contributed by atoms with van der Waals surface area (Å²) in [6, 6.07) is 0. The third-order valence-electron chi connectivity index (χ3n) is 1.84. The van der Waals surface area contributed by atoms with Crippen LogP contribution in [0.25, 0.3) is 0 Å². The number of amides is 1. The molecule has 0 aromatic rings. The largest absolute Gasteiger partial charge is 0.375 e. The Kier molecular flexibility index (Phi) is 3.49. The van der Waals surface area contributed by atoms with Crippen molar-refractivity contribution in [1.82, 2.24) is 10.2 Å². The number of morpholine rings is 1. The summed E-state index contributed by atoms with van der Waals surface area (Å²) < 4.78 is 5.36. The van der Waals surface area contributed by atoms with Gasteiger partial charge in [-0.05, 0) is 0 Å². The van der Waals surface area contributed by atoms with Gasteiger partial charge in [-0.1, -0.05) is 0 Å². The molecule has 12 heavy (non-hydrogen) atoms. The molecule has 0 aromatic heterocycles. The summed E-state index contributed by atoms with van der Waals surface area (Å²) in [6.07, 6.45) is 0.463. The minimum absolute atomic E-state index is 0.00801. The fourth-order valence-corrected chi connectivity index (χ4v) is 1.07. The van der Waals surface area contributed by atoms with Crippen molar-refractivity contribution in [2.75, 3.05) is 33.8 Å². The van der Waals surface area contributed by atoms with Gasteiger partial charge in [0.15, 0.2) is 0 Å². The Morgan fingerprint density at radius 3 is 2.92 bits per heavy atom. The van der Waals surface area contributed by atoms with Gasteiger partial charge >= 0.3 is 0 Å². The summed E-state index contributed by atoms with van der Waals surface area (Å²) in [7, 11) is 3.50. The van der Waals surface area contributed by atoms with Crippen LogP contribution in [0.15, 0.2) is 0 Å². The zero-order valence-electron chi connectivity index (χ0n) is 7.62. The van der Waals surface area contributed by atoms with Gasteiger partial charge in [0.1, 0.15) is 0 Å². The highest BCUT2D eigenvalue weighted by Gasteiger charge is 2.18. The second kappa shape index (κ2) is 4.42. The highest BCUT2D eigenvalue weighted by Crippen LogP contribution is 2.03. The summed E-state index contributed by atoms with van der Waals surface area (Å²) in [5.41, 5.74) is 0. The molecular formula is C8H15N2O2. The molecule has 1 aliphatic heterocycles. The van der Waals surface area contributed by atoms with E-state index in [9.17, 15) is 4.79 Å². The van der Waals surface area contributed by atoms with Gasteiger partial charge in [0, 0.05) is 27.2 Å². The summed E-state index contributed by atoms with van der Waals surface area (Å²) in [5, 5.41) is 4.18. The number of hydrogen-bond donors (Lipinski definition) is 0. The molecule has 1 saturated heterocycles. The molecule has 0 N–H and O–H groups in total. The van der Waals surface area contributed by atoms with Crippen molar-refractivity contribution in [1.29, 1.82) is 0 Å². The smallest absolute Gasteiger partial charge is 0.224 e. The monoisotopic (exact) mass is 171 g/mol. The van der Waals surface area contributed by atoms with E-state index >= 15 is 0 Å². The molecule has 1 heterocycles. The van der Waals surface area contributed by atoms with Crippen LogP contribution in [0.2, 0.25) is 0 Å². The molecule has 0 spiro atoms. The van der Waals surface area contributed by atoms with E-state index < -0.39 is 0 Å². The van der Waals surface area contributed by atoms with Gasteiger partial charge < -0.3 is 9.64 Å². The minimum Gasteiger partial charge on any atom is -0.375 e. The van der Waals surface area contributed by atoms with Crippen LogP contribution in [0.3, 0.4) is 0 Å². The lowest BCUT2D eigenvalue weighted by Gasteiger charge is -2.23. The molecule has 4 heteroatoms. The van der Waals surface area contributed by atoms with Crippen molar-refractivity contribution in [3.8, 4) is 0 Å². The zero-order chi connectivity index (χ0) is 8.97. The third kappa shape index (κ3) is 2.79. The van der Waals surface area contributed by atoms with E-state index in [1.165, 1.54) is 0 Å². The predicted octanol–water partition coefficient (Wildman–Crippen LogP) is -0.532. The first-order chi connectivity index (χ1) is 5.70. The third-order valence-corrected chi connectivity index (χ3v) is 1.84. The SMILES string of the molecule is CN(C)C(=O)CC1C[N]CCO1. The van der Waals surface area contributed by atoms with Crippen LogP contribution in [-0.4, -0.2) is 50.7 Å². The van der Waals surface area contributed by atoms with E-state index in [0.29, 0.717) is 19.6 Å². The maximum Gasteiger partial charge on any atom is 0.224 e. The van der Waals surface area contributed by atoms with Gasteiger partial charge in [0.05, 0.1) is 19.1 Å². The van der Waals surface area contributed by atoms with Crippen molar-refractivity contribution in [3.63, 3.8) is 0 Å². The Bertz CT molecular complexity index is 153. The fraction of sp³-hybridized carbons (Fsp3) is 0.875. The average Bonchev–Trinajstić information content (AvgIpc) is 2.06. The fourth-order valence-electron chi connectivity index (χ4n) is 1.07. The molecule has 1 unspecified atom stereocenters. The average molecular weight is 171 g/mol. The van der Waals surface area contributed by atoms with Gasteiger partial charge in [0.25, 0.3) is 0 Å². The van der Waals surface area contributed by atoms with Gasteiger partial charge in [-0.2, -0.15) is 0 Å². The Labute approximate surface area is 72.9 Å². The topological polar surface area (TPSA) is 43.6 Å². The number of hydrogen-bond acceptors (Lipinski definition) is 2. The number of nitrogens with zero attached hydrogens (tertiary/aromatic N) is 2. The number of ether oxygens (including phenoxy) is 1. The highest BCUT2D eigenvalue weighted by atomic mass is 16.5. The van der Waals surface area contributed by atoms with Crippen molar-refractivity contribution < 1.29 is 9.53 Å². The second-order valence-corrected chi connectivity index (χ2v) is 3.11. The molecule has 4 nitrogen and oxygen atoms in total. The first-order valence-electron chi connectivity index (χ1n) is 4.15. The van der Waals surface area contributed by atoms with Crippen molar-refractivity contribution in [3.05, 3.63) is 0 Å². The van der Waals surface area contributed by atoms with E-state index in [0.717, 1.165) is 6.54 Å². The molecule has 0 aliphatic carbocycles. The lowest BCUT2D eigenvalue weighted by molar-refractivity contribution is -0.132. The molecule has 1 aliphatic rings. The molecule has 0 bridgehead atoms. The second-order valence-electron chi connectivity index (χ2n) is 3.11. The number of carbonyl (C=O) groups is 1. The molecule has 69 valence electrons. The maximum atomic E-state index is 11.2. The Balaban J connectivity index is 2.24. The highest BCUT2D eigenvalue weighted by molar-refractivity contribution is 5.76. The summed E-state index contributed by atoms with van der Waals surface area (Å²) in [6.45, 7) is 2.09. The van der Waals surface area contributed by atoms with E-state index in [4.69, 9.17) is 4.74 Å². The van der Waals surface area contributed by atoms with Crippen LogP contribution in [0.1, 0.15) is 6.42 Å². The standard InChI is InChI=1S/C8H15N2O2/c1-10(2)8(11)5-7-6-9-3-4-12-7/h7H,3-6H2,1-2H3. The van der Waals surface area contributed by atoms with Crippen LogP contribution >= 0.6 is 0 Å².